The van der Waals surface area contributed by atoms with E-state index in [0.717, 1.165) is 25.6 Å². The molecule has 0 bridgehead atoms. The molecule has 0 spiro atoms. The second-order valence-electron chi connectivity index (χ2n) is 5.26. The van der Waals surface area contributed by atoms with Gasteiger partial charge in [0, 0.05) is 13.2 Å². The lowest BCUT2D eigenvalue weighted by atomic mass is 9.84. The monoisotopic (exact) mass is 212 g/mol. The predicted octanol–water partition coefficient (Wildman–Crippen LogP) is 2.74. The summed E-state index contributed by atoms with van der Waals surface area (Å²) < 4.78 is 5.38. The number of hydrogen-bond donors (Lipinski definition) is 1. The normalized spacial score (nSPS) is 35.0. The molecule has 0 radical (unpaired) electrons. The molecule has 1 aliphatic carbocycles. The molecule has 0 aromatic carbocycles. The highest BCUT2D eigenvalue weighted by Gasteiger charge is 2.25. The number of rotatable bonds is 2. The second-order valence-corrected chi connectivity index (χ2v) is 5.26. The predicted molar refractivity (Wildman–Crippen MR) is 60.7 cm³/mol. The van der Waals surface area contributed by atoms with E-state index in [1.54, 1.807) is 0 Å². The van der Waals surface area contributed by atoms with E-state index < -0.39 is 0 Å². The van der Waals surface area contributed by atoms with Crippen LogP contribution in [0.5, 0.6) is 0 Å². The zero-order valence-corrected chi connectivity index (χ0v) is 9.66. The topological polar surface area (TPSA) is 29.5 Å². The molecule has 2 unspecified atom stereocenters. The highest BCUT2D eigenvalue weighted by molar-refractivity contribution is 4.77. The molecule has 2 aliphatic rings. The third kappa shape index (κ3) is 3.46. The lowest BCUT2D eigenvalue weighted by Gasteiger charge is -2.28. The van der Waals surface area contributed by atoms with Gasteiger partial charge in [0.1, 0.15) is 0 Å². The molecule has 2 nitrogen and oxygen atoms in total. The van der Waals surface area contributed by atoms with Crippen LogP contribution < -0.4 is 0 Å². The summed E-state index contributed by atoms with van der Waals surface area (Å²) in [6.45, 7) is 1.88. The van der Waals surface area contributed by atoms with Gasteiger partial charge in [-0.2, -0.15) is 0 Å². The van der Waals surface area contributed by atoms with Crippen LogP contribution in [0.15, 0.2) is 0 Å². The van der Waals surface area contributed by atoms with Crippen molar-refractivity contribution in [3.05, 3.63) is 0 Å². The quantitative estimate of drug-likeness (QED) is 0.713. The van der Waals surface area contributed by atoms with E-state index in [4.69, 9.17) is 4.74 Å². The van der Waals surface area contributed by atoms with Gasteiger partial charge in [-0.3, -0.25) is 0 Å². The number of aliphatic hydroxyl groups is 1. The van der Waals surface area contributed by atoms with Crippen LogP contribution in [-0.4, -0.2) is 24.4 Å². The summed E-state index contributed by atoms with van der Waals surface area (Å²) in [7, 11) is 0. The van der Waals surface area contributed by atoms with Crippen molar-refractivity contribution in [3.63, 3.8) is 0 Å². The standard InChI is InChI=1S/C13H24O2/c14-13-5-3-1-2-4-12(13)10-11-6-8-15-9-7-11/h11-14H,1-10H2. The molecule has 0 amide bonds. The Kier molecular flexibility index (Phi) is 4.45. The third-order valence-corrected chi connectivity index (χ3v) is 4.10. The number of aliphatic hydroxyl groups excluding tert-OH is 1. The van der Waals surface area contributed by atoms with Crippen LogP contribution in [0.2, 0.25) is 0 Å². The smallest absolute Gasteiger partial charge is 0.0568 e. The molecule has 2 fully saturated rings. The van der Waals surface area contributed by atoms with Gasteiger partial charge in [-0.1, -0.05) is 19.3 Å². The van der Waals surface area contributed by atoms with Crippen LogP contribution in [0, 0.1) is 11.8 Å². The lowest BCUT2D eigenvalue weighted by Crippen LogP contribution is -2.25. The minimum atomic E-state index is -0.0182. The Morgan fingerprint density at radius 1 is 0.933 bits per heavy atom. The van der Waals surface area contributed by atoms with Crippen molar-refractivity contribution in [2.24, 2.45) is 11.8 Å². The first-order valence-electron chi connectivity index (χ1n) is 6.62. The van der Waals surface area contributed by atoms with Gasteiger partial charge < -0.3 is 9.84 Å². The minimum Gasteiger partial charge on any atom is -0.393 e. The summed E-state index contributed by atoms with van der Waals surface area (Å²) in [5.41, 5.74) is 0. The van der Waals surface area contributed by atoms with Crippen LogP contribution in [-0.2, 0) is 4.74 Å². The van der Waals surface area contributed by atoms with Crippen molar-refractivity contribution in [3.8, 4) is 0 Å². The van der Waals surface area contributed by atoms with Crippen molar-refractivity contribution in [2.45, 2.75) is 57.5 Å². The zero-order valence-electron chi connectivity index (χ0n) is 9.66. The van der Waals surface area contributed by atoms with Gasteiger partial charge in [-0.25, -0.2) is 0 Å². The van der Waals surface area contributed by atoms with Crippen molar-refractivity contribution >= 4 is 0 Å². The molecule has 2 atom stereocenters. The largest absolute Gasteiger partial charge is 0.393 e. The summed E-state index contributed by atoms with van der Waals surface area (Å²) >= 11 is 0. The van der Waals surface area contributed by atoms with Crippen molar-refractivity contribution in [1.82, 2.24) is 0 Å². The molecular weight excluding hydrogens is 188 g/mol. The molecular formula is C13H24O2. The fraction of sp³-hybridized carbons (Fsp3) is 1.00. The minimum absolute atomic E-state index is 0.0182. The van der Waals surface area contributed by atoms with Gasteiger partial charge in [0.15, 0.2) is 0 Å². The summed E-state index contributed by atoms with van der Waals surface area (Å²) in [5.74, 6) is 1.40. The van der Waals surface area contributed by atoms with Gasteiger partial charge in [-0.15, -0.1) is 0 Å². The molecule has 0 aromatic heterocycles. The third-order valence-electron chi connectivity index (χ3n) is 4.10. The maximum atomic E-state index is 10.0. The fourth-order valence-electron chi connectivity index (χ4n) is 3.05. The van der Waals surface area contributed by atoms with Crippen LogP contribution in [0.3, 0.4) is 0 Å². The van der Waals surface area contributed by atoms with Gasteiger partial charge in [0.2, 0.25) is 0 Å². The van der Waals surface area contributed by atoms with E-state index in [1.165, 1.54) is 44.9 Å². The Morgan fingerprint density at radius 3 is 2.47 bits per heavy atom. The summed E-state index contributed by atoms with van der Waals surface area (Å²) in [6, 6.07) is 0. The van der Waals surface area contributed by atoms with Crippen molar-refractivity contribution < 1.29 is 9.84 Å². The van der Waals surface area contributed by atoms with E-state index in [-0.39, 0.29) is 6.10 Å². The molecule has 0 aromatic rings. The van der Waals surface area contributed by atoms with Gasteiger partial charge in [-0.05, 0) is 43.9 Å². The van der Waals surface area contributed by atoms with E-state index in [9.17, 15) is 5.11 Å². The average molecular weight is 212 g/mol. The summed E-state index contributed by atoms with van der Waals surface area (Å²) in [6.07, 6.45) is 9.80. The van der Waals surface area contributed by atoms with Gasteiger partial charge >= 0.3 is 0 Å². The highest BCUT2D eigenvalue weighted by atomic mass is 16.5. The first-order valence-corrected chi connectivity index (χ1v) is 6.62. The molecule has 1 aliphatic heterocycles. The second kappa shape index (κ2) is 5.86. The Hall–Kier alpha value is -0.0800. The lowest BCUT2D eigenvalue weighted by molar-refractivity contribution is 0.0368. The average Bonchev–Trinajstić information content (AvgIpc) is 2.46. The Bertz CT molecular complexity index is 175. The molecule has 1 saturated carbocycles. The molecule has 15 heavy (non-hydrogen) atoms. The summed E-state index contributed by atoms with van der Waals surface area (Å²) in [5, 5.41) is 10.0. The van der Waals surface area contributed by atoms with Gasteiger partial charge in [0.25, 0.3) is 0 Å². The van der Waals surface area contributed by atoms with Crippen LogP contribution >= 0.6 is 0 Å². The van der Waals surface area contributed by atoms with Crippen LogP contribution in [0.25, 0.3) is 0 Å². The first-order chi connectivity index (χ1) is 7.36. The van der Waals surface area contributed by atoms with Crippen LogP contribution in [0.1, 0.15) is 51.4 Å². The maximum Gasteiger partial charge on any atom is 0.0568 e. The first kappa shape index (κ1) is 11.4. The van der Waals surface area contributed by atoms with E-state index in [1.807, 2.05) is 0 Å². The molecule has 1 N–H and O–H groups in total. The molecule has 1 heterocycles. The molecule has 2 heteroatoms. The van der Waals surface area contributed by atoms with E-state index in [2.05, 4.69) is 0 Å². The maximum absolute atomic E-state index is 10.0. The zero-order chi connectivity index (χ0) is 10.5. The molecule has 88 valence electrons. The highest BCUT2D eigenvalue weighted by Crippen LogP contribution is 2.31. The Balaban J connectivity index is 1.79. The summed E-state index contributed by atoms with van der Waals surface area (Å²) in [4.78, 5) is 0. The number of ether oxygens (including phenoxy) is 1. The molecule has 1 saturated heterocycles. The van der Waals surface area contributed by atoms with Gasteiger partial charge in [0.05, 0.1) is 6.10 Å². The number of hydrogen-bond acceptors (Lipinski definition) is 2. The molecule has 2 rings (SSSR count). The van der Waals surface area contributed by atoms with E-state index >= 15 is 0 Å². The van der Waals surface area contributed by atoms with Crippen molar-refractivity contribution in [1.29, 1.82) is 0 Å². The SMILES string of the molecule is OC1CCCCCC1CC1CCOCC1. The Morgan fingerprint density at radius 2 is 1.67 bits per heavy atom. The Labute approximate surface area is 93.0 Å². The van der Waals surface area contributed by atoms with Crippen LogP contribution in [0.4, 0.5) is 0 Å². The van der Waals surface area contributed by atoms with E-state index in [0.29, 0.717) is 5.92 Å². The van der Waals surface area contributed by atoms with Crippen molar-refractivity contribution in [2.75, 3.05) is 13.2 Å². The fourth-order valence-corrected chi connectivity index (χ4v) is 3.05.